The number of rotatable bonds is 4. The van der Waals surface area contributed by atoms with Crippen molar-refractivity contribution in [1.82, 2.24) is 4.90 Å². The van der Waals surface area contributed by atoms with Crippen LogP contribution in [0.15, 0.2) is 66.1 Å². The Morgan fingerprint density at radius 1 is 1.07 bits per heavy atom. The predicted molar refractivity (Wildman–Crippen MR) is 115 cm³/mol. The molecule has 0 aliphatic carbocycles. The van der Waals surface area contributed by atoms with Gasteiger partial charge in [0.2, 0.25) is 0 Å². The van der Waals surface area contributed by atoms with Gasteiger partial charge in [0.25, 0.3) is 5.91 Å². The third-order valence-electron chi connectivity index (χ3n) is 4.99. The largest absolute Gasteiger partial charge is 0.478 e. The molecule has 29 heavy (non-hydrogen) atoms. The van der Waals surface area contributed by atoms with Gasteiger partial charge in [0.1, 0.15) is 0 Å². The number of hydrogen-bond donors (Lipinski definition) is 1. The van der Waals surface area contributed by atoms with Crippen LogP contribution in [0.2, 0.25) is 5.02 Å². The Hall–Kier alpha value is -2.89. The molecule has 2 aromatic carbocycles. The van der Waals surface area contributed by atoms with E-state index in [9.17, 15) is 9.59 Å². The van der Waals surface area contributed by atoms with Crippen molar-refractivity contribution in [2.75, 3.05) is 6.54 Å². The van der Waals surface area contributed by atoms with Crippen LogP contribution in [0.3, 0.4) is 0 Å². The quantitative estimate of drug-likeness (QED) is 0.580. The van der Waals surface area contributed by atoms with Gasteiger partial charge in [-0.05, 0) is 64.9 Å². The summed E-state index contributed by atoms with van der Waals surface area (Å²) in [7, 11) is 0. The Bertz CT molecular complexity index is 1070. The number of aliphatic carboxylic acids is 1. The molecule has 1 atom stereocenters. The molecule has 1 N–H and O–H groups in total. The van der Waals surface area contributed by atoms with E-state index in [0.717, 1.165) is 29.2 Å². The fraction of sp³-hybridized carbons (Fsp3) is 0.130. The minimum atomic E-state index is -1.00. The van der Waals surface area contributed by atoms with Gasteiger partial charge in [0.15, 0.2) is 0 Å². The molecule has 6 heteroatoms. The molecule has 1 aliphatic rings. The summed E-state index contributed by atoms with van der Waals surface area (Å²) in [5.41, 5.74) is 3.51. The van der Waals surface area contributed by atoms with Gasteiger partial charge in [-0.25, -0.2) is 4.79 Å². The van der Waals surface area contributed by atoms with E-state index < -0.39 is 5.97 Å². The van der Waals surface area contributed by atoms with Crippen molar-refractivity contribution in [3.8, 4) is 0 Å². The normalized spacial score (nSPS) is 16.0. The molecule has 2 heterocycles. The number of carbonyl (C=O) groups is 2. The molecule has 0 radical (unpaired) electrons. The number of carboxylic acid groups (broad SMARTS) is 1. The molecule has 1 aliphatic heterocycles. The van der Waals surface area contributed by atoms with Gasteiger partial charge in [0.05, 0.1) is 6.04 Å². The molecule has 0 saturated heterocycles. The molecule has 0 spiro atoms. The van der Waals surface area contributed by atoms with Crippen LogP contribution in [-0.2, 0) is 11.2 Å². The molecular weight excluding hydrogens is 406 g/mol. The maximum absolute atomic E-state index is 13.4. The highest BCUT2D eigenvalue weighted by atomic mass is 35.5. The smallest absolute Gasteiger partial charge is 0.328 e. The van der Waals surface area contributed by atoms with Gasteiger partial charge in [0, 0.05) is 28.1 Å². The van der Waals surface area contributed by atoms with Crippen LogP contribution in [-0.4, -0.2) is 28.4 Å². The summed E-state index contributed by atoms with van der Waals surface area (Å²) in [6.45, 7) is 0.639. The van der Waals surface area contributed by atoms with Crippen molar-refractivity contribution in [1.29, 1.82) is 0 Å². The van der Waals surface area contributed by atoms with Gasteiger partial charge in [-0.2, -0.15) is 0 Å². The maximum atomic E-state index is 13.4. The number of amides is 1. The summed E-state index contributed by atoms with van der Waals surface area (Å²) < 4.78 is 0. The van der Waals surface area contributed by atoms with Crippen LogP contribution < -0.4 is 0 Å². The van der Waals surface area contributed by atoms with E-state index in [-0.39, 0.29) is 11.9 Å². The van der Waals surface area contributed by atoms with Crippen molar-refractivity contribution >= 4 is 40.9 Å². The number of carboxylic acids is 1. The average Bonchev–Trinajstić information content (AvgIpc) is 3.21. The monoisotopic (exact) mass is 423 g/mol. The van der Waals surface area contributed by atoms with Gasteiger partial charge >= 0.3 is 5.97 Å². The standard InChI is InChI=1S/C23H18ClNO3S/c24-18-8-6-16(7-9-18)22-19-12-14-29-20(19)11-13-25(22)23(28)17-4-1-15(2-5-17)3-10-21(26)27/h1-10,12,14,22H,11,13H2,(H,26,27). The van der Waals surface area contributed by atoms with E-state index in [1.165, 1.54) is 11.0 Å². The second-order valence-electron chi connectivity index (χ2n) is 6.80. The van der Waals surface area contributed by atoms with Crippen molar-refractivity contribution < 1.29 is 14.7 Å². The van der Waals surface area contributed by atoms with Crippen molar-refractivity contribution in [3.63, 3.8) is 0 Å². The summed E-state index contributed by atoms with van der Waals surface area (Å²) in [5.74, 6) is -1.05. The lowest BCUT2D eigenvalue weighted by atomic mass is 9.92. The molecule has 0 saturated carbocycles. The van der Waals surface area contributed by atoms with Gasteiger partial charge < -0.3 is 10.0 Å². The first kappa shape index (κ1) is 19.4. The molecular formula is C23H18ClNO3S. The highest BCUT2D eigenvalue weighted by Crippen LogP contribution is 2.38. The van der Waals surface area contributed by atoms with Crippen LogP contribution >= 0.6 is 22.9 Å². The highest BCUT2D eigenvalue weighted by molar-refractivity contribution is 7.10. The number of thiophene rings is 1. The molecule has 1 aromatic heterocycles. The molecule has 0 fully saturated rings. The van der Waals surface area contributed by atoms with E-state index in [4.69, 9.17) is 16.7 Å². The maximum Gasteiger partial charge on any atom is 0.328 e. The number of hydrogen-bond acceptors (Lipinski definition) is 3. The number of benzene rings is 2. The molecule has 4 rings (SSSR count). The second-order valence-corrected chi connectivity index (χ2v) is 8.23. The topological polar surface area (TPSA) is 57.6 Å². The highest BCUT2D eigenvalue weighted by Gasteiger charge is 2.33. The van der Waals surface area contributed by atoms with Crippen LogP contribution in [0.4, 0.5) is 0 Å². The summed E-state index contributed by atoms with van der Waals surface area (Å²) in [4.78, 5) is 27.2. The zero-order valence-corrected chi connectivity index (χ0v) is 17.0. The van der Waals surface area contributed by atoms with E-state index in [1.54, 1.807) is 35.6 Å². The van der Waals surface area contributed by atoms with Gasteiger partial charge in [-0.3, -0.25) is 4.79 Å². The Morgan fingerprint density at radius 2 is 1.79 bits per heavy atom. The second kappa shape index (κ2) is 8.23. The summed E-state index contributed by atoms with van der Waals surface area (Å²) in [5, 5.41) is 11.5. The lowest BCUT2D eigenvalue weighted by Gasteiger charge is -2.36. The van der Waals surface area contributed by atoms with Gasteiger partial charge in [-0.15, -0.1) is 11.3 Å². The van der Waals surface area contributed by atoms with Crippen LogP contribution in [0.1, 0.15) is 38.0 Å². The third-order valence-corrected chi connectivity index (χ3v) is 6.24. The van der Waals surface area contributed by atoms with Crippen LogP contribution in [0.25, 0.3) is 6.08 Å². The molecule has 1 amide bonds. The minimum Gasteiger partial charge on any atom is -0.478 e. The van der Waals surface area contributed by atoms with E-state index in [2.05, 4.69) is 11.4 Å². The fourth-order valence-corrected chi connectivity index (χ4v) is 4.64. The first-order valence-electron chi connectivity index (χ1n) is 9.17. The first-order valence-corrected chi connectivity index (χ1v) is 10.4. The van der Waals surface area contributed by atoms with Crippen molar-refractivity contribution in [2.24, 2.45) is 0 Å². The lowest BCUT2D eigenvalue weighted by molar-refractivity contribution is -0.131. The number of fused-ring (bicyclic) bond motifs is 1. The summed E-state index contributed by atoms with van der Waals surface area (Å²) >= 11 is 7.79. The zero-order valence-electron chi connectivity index (χ0n) is 15.4. The van der Waals surface area contributed by atoms with Crippen LogP contribution in [0, 0.1) is 0 Å². The Labute approximate surface area is 177 Å². The van der Waals surface area contributed by atoms with E-state index in [0.29, 0.717) is 17.1 Å². The molecule has 146 valence electrons. The lowest BCUT2D eigenvalue weighted by Crippen LogP contribution is -2.40. The third kappa shape index (κ3) is 4.11. The number of halogens is 1. The predicted octanol–water partition coefficient (Wildman–Crippen LogP) is 5.29. The summed E-state index contributed by atoms with van der Waals surface area (Å²) in [6, 6.07) is 16.6. The van der Waals surface area contributed by atoms with Crippen LogP contribution in [0.5, 0.6) is 0 Å². The first-order chi connectivity index (χ1) is 14.0. The van der Waals surface area contributed by atoms with Crippen molar-refractivity contribution in [2.45, 2.75) is 12.5 Å². The molecule has 0 bridgehead atoms. The molecule has 3 aromatic rings. The molecule has 4 nitrogen and oxygen atoms in total. The molecule has 1 unspecified atom stereocenters. The SMILES string of the molecule is O=C(O)C=Cc1ccc(C(=O)N2CCc3sccc3C2c2ccc(Cl)cc2)cc1. The van der Waals surface area contributed by atoms with Gasteiger partial charge in [-0.1, -0.05) is 35.9 Å². The average molecular weight is 424 g/mol. The number of nitrogens with zero attached hydrogens (tertiary/aromatic N) is 1. The fourth-order valence-electron chi connectivity index (χ4n) is 3.61. The Kier molecular flexibility index (Phi) is 5.51. The Balaban J connectivity index is 1.66. The van der Waals surface area contributed by atoms with Crippen molar-refractivity contribution in [3.05, 3.63) is 98.2 Å². The number of carbonyl (C=O) groups excluding carboxylic acids is 1. The summed E-state index contributed by atoms with van der Waals surface area (Å²) in [6.07, 6.45) is 3.42. The van der Waals surface area contributed by atoms with E-state index in [1.807, 2.05) is 29.2 Å². The Morgan fingerprint density at radius 3 is 2.48 bits per heavy atom. The van der Waals surface area contributed by atoms with E-state index >= 15 is 0 Å². The zero-order chi connectivity index (χ0) is 20.4. The minimum absolute atomic E-state index is 0.0458.